The van der Waals surface area contributed by atoms with Gasteiger partial charge in [-0.1, -0.05) is 6.08 Å². The summed E-state index contributed by atoms with van der Waals surface area (Å²) in [6.07, 6.45) is 2.48. The highest BCUT2D eigenvalue weighted by molar-refractivity contribution is 9.10. The van der Waals surface area contributed by atoms with Gasteiger partial charge in [0.15, 0.2) is 0 Å². The van der Waals surface area contributed by atoms with Crippen LogP contribution in [0.3, 0.4) is 0 Å². The molecule has 0 N–H and O–H groups in total. The lowest BCUT2D eigenvalue weighted by Gasteiger charge is -2.27. The molecule has 0 aliphatic rings. The molecule has 1 heterocycles. The Bertz CT molecular complexity index is 500. The lowest BCUT2D eigenvalue weighted by Crippen LogP contribution is -2.36. The van der Waals surface area contributed by atoms with Gasteiger partial charge in [0, 0.05) is 12.7 Å². The second-order valence-electron chi connectivity index (χ2n) is 5.22. The highest BCUT2D eigenvalue weighted by atomic mass is 79.9. The van der Waals surface area contributed by atoms with E-state index in [9.17, 15) is 9.18 Å². The number of pyridine rings is 1. The fourth-order valence-electron chi connectivity index (χ4n) is 1.47. The van der Waals surface area contributed by atoms with Crippen molar-refractivity contribution in [1.82, 2.24) is 9.88 Å². The molecule has 110 valence electrons. The Hall–Kier alpha value is -1.43. The minimum atomic E-state index is -0.606. The van der Waals surface area contributed by atoms with Crippen LogP contribution in [0.2, 0.25) is 0 Å². The van der Waals surface area contributed by atoms with E-state index in [4.69, 9.17) is 4.74 Å². The summed E-state index contributed by atoms with van der Waals surface area (Å²) in [6.45, 7) is 9.51. The molecule has 0 aliphatic carbocycles. The van der Waals surface area contributed by atoms with Gasteiger partial charge in [0.25, 0.3) is 0 Å². The SMILES string of the molecule is C=CCN(Cc1ccnc(F)c1Br)C(=O)OC(C)(C)C. The molecule has 1 amide bonds. The largest absolute Gasteiger partial charge is 0.444 e. The number of carbonyl (C=O) groups is 1. The van der Waals surface area contributed by atoms with Crippen molar-refractivity contribution in [1.29, 1.82) is 0 Å². The van der Waals surface area contributed by atoms with E-state index >= 15 is 0 Å². The van der Waals surface area contributed by atoms with E-state index in [0.717, 1.165) is 0 Å². The molecule has 1 aromatic rings. The van der Waals surface area contributed by atoms with E-state index in [-0.39, 0.29) is 11.0 Å². The van der Waals surface area contributed by atoms with Crippen molar-refractivity contribution in [2.24, 2.45) is 0 Å². The number of ether oxygens (including phenoxy) is 1. The Morgan fingerprint density at radius 2 is 2.25 bits per heavy atom. The Labute approximate surface area is 126 Å². The zero-order valence-corrected chi connectivity index (χ0v) is 13.4. The topological polar surface area (TPSA) is 42.4 Å². The molecular weight excluding hydrogens is 327 g/mol. The van der Waals surface area contributed by atoms with Crippen LogP contribution in [0.15, 0.2) is 29.4 Å². The molecule has 0 aliphatic heterocycles. The maximum absolute atomic E-state index is 13.4. The van der Waals surface area contributed by atoms with Gasteiger partial charge in [-0.05, 0) is 48.3 Å². The molecule has 0 bridgehead atoms. The molecule has 1 rings (SSSR count). The Morgan fingerprint density at radius 3 is 2.80 bits per heavy atom. The van der Waals surface area contributed by atoms with E-state index in [1.807, 2.05) is 0 Å². The highest BCUT2D eigenvalue weighted by Crippen LogP contribution is 2.21. The third-order valence-corrected chi connectivity index (χ3v) is 3.13. The predicted molar refractivity (Wildman–Crippen MR) is 78.7 cm³/mol. The average Bonchev–Trinajstić information content (AvgIpc) is 2.32. The van der Waals surface area contributed by atoms with Gasteiger partial charge >= 0.3 is 6.09 Å². The van der Waals surface area contributed by atoms with Crippen molar-refractivity contribution in [3.8, 4) is 0 Å². The molecule has 0 radical (unpaired) electrons. The van der Waals surface area contributed by atoms with Crippen LogP contribution in [0.1, 0.15) is 26.3 Å². The van der Waals surface area contributed by atoms with Gasteiger partial charge in [-0.15, -0.1) is 6.58 Å². The number of rotatable bonds is 4. The van der Waals surface area contributed by atoms with Crippen LogP contribution < -0.4 is 0 Å². The third kappa shape index (κ3) is 4.92. The first-order valence-corrected chi connectivity index (χ1v) is 6.91. The maximum Gasteiger partial charge on any atom is 0.410 e. The van der Waals surface area contributed by atoms with Gasteiger partial charge in [0.2, 0.25) is 5.95 Å². The summed E-state index contributed by atoms with van der Waals surface area (Å²) in [4.78, 5) is 17.1. The quantitative estimate of drug-likeness (QED) is 0.614. The first-order chi connectivity index (χ1) is 9.24. The number of aromatic nitrogens is 1. The van der Waals surface area contributed by atoms with Crippen molar-refractivity contribution < 1.29 is 13.9 Å². The molecule has 0 fully saturated rings. The van der Waals surface area contributed by atoms with Gasteiger partial charge in [0.1, 0.15) is 5.60 Å². The van der Waals surface area contributed by atoms with Gasteiger partial charge < -0.3 is 9.64 Å². The molecule has 20 heavy (non-hydrogen) atoms. The van der Waals surface area contributed by atoms with Crippen molar-refractivity contribution >= 4 is 22.0 Å². The fraction of sp³-hybridized carbons (Fsp3) is 0.429. The summed E-state index contributed by atoms with van der Waals surface area (Å²) < 4.78 is 18.9. The van der Waals surface area contributed by atoms with Crippen molar-refractivity contribution in [2.45, 2.75) is 32.9 Å². The summed E-state index contributed by atoms with van der Waals surface area (Å²) in [5.41, 5.74) is 0.0299. The molecule has 0 saturated heterocycles. The lowest BCUT2D eigenvalue weighted by atomic mass is 10.2. The normalized spacial score (nSPS) is 11.1. The van der Waals surface area contributed by atoms with E-state index in [2.05, 4.69) is 27.5 Å². The molecule has 0 saturated carbocycles. The predicted octanol–water partition coefficient (Wildman–Crippen LogP) is 3.91. The number of carbonyl (C=O) groups excluding carboxylic acids is 1. The first kappa shape index (κ1) is 16.6. The van der Waals surface area contributed by atoms with E-state index < -0.39 is 17.6 Å². The summed E-state index contributed by atoms with van der Waals surface area (Å²) in [6, 6.07) is 1.65. The minimum Gasteiger partial charge on any atom is -0.444 e. The van der Waals surface area contributed by atoms with E-state index in [1.54, 1.807) is 32.9 Å². The van der Waals surface area contributed by atoms with Crippen LogP contribution in [0.25, 0.3) is 0 Å². The summed E-state index contributed by atoms with van der Waals surface area (Å²) in [5.74, 6) is -0.606. The van der Waals surface area contributed by atoms with E-state index in [1.165, 1.54) is 11.1 Å². The summed E-state index contributed by atoms with van der Waals surface area (Å²) in [7, 11) is 0. The van der Waals surface area contributed by atoms with Gasteiger partial charge in [-0.2, -0.15) is 4.39 Å². The minimum absolute atomic E-state index is 0.209. The number of nitrogens with zero attached hydrogens (tertiary/aromatic N) is 2. The summed E-state index contributed by atoms with van der Waals surface area (Å²) in [5, 5.41) is 0. The first-order valence-electron chi connectivity index (χ1n) is 6.12. The molecule has 0 unspecified atom stereocenters. The number of halogens is 2. The molecular formula is C14H18BrFN2O2. The van der Waals surface area contributed by atoms with Crippen LogP contribution in [0.5, 0.6) is 0 Å². The van der Waals surface area contributed by atoms with Crippen molar-refractivity contribution in [3.63, 3.8) is 0 Å². The molecule has 0 aromatic carbocycles. The smallest absolute Gasteiger partial charge is 0.410 e. The monoisotopic (exact) mass is 344 g/mol. The molecule has 4 nitrogen and oxygen atoms in total. The number of hydrogen-bond acceptors (Lipinski definition) is 3. The fourth-order valence-corrected chi connectivity index (χ4v) is 1.83. The molecule has 0 atom stereocenters. The molecule has 6 heteroatoms. The Balaban J connectivity index is 2.89. The van der Waals surface area contributed by atoms with Crippen molar-refractivity contribution in [3.05, 3.63) is 40.9 Å². The number of hydrogen-bond donors (Lipinski definition) is 0. The average molecular weight is 345 g/mol. The van der Waals surface area contributed by atoms with Gasteiger partial charge in [-0.25, -0.2) is 9.78 Å². The third-order valence-electron chi connectivity index (χ3n) is 2.29. The van der Waals surface area contributed by atoms with Crippen LogP contribution in [0, 0.1) is 5.95 Å². The van der Waals surface area contributed by atoms with Crippen molar-refractivity contribution in [2.75, 3.05) is 6.54 Å². The van der Waals surface area contributed by atoms with Crippen LogP contribution >= 0.6 is 15.9 Å². The number of amides is 1. The highest BCUT2D eigenvalue weighted by Gasteiger charge is 2.22. The van der Waals surface area contributed by atoms with Crippen LogP contribution in [-0.2, 0) is 11.3 Å². The molecule has 0 spiro atoms. The Morgan fingerprint density at radius 1 is 1.60 bits per heavy atom. The molecule has 1 aromatic heterocycles. The van der Waals surface area contributed by atoms with Gasteiger partial charge in [0.05, 0.1) is 11.0 Å². The zero-order valence-electron chi connectivity index (χ0n) is 11.8. The van der Waals surface area contributed by atoms with E-state index in [0.29, 0.717) is 12.1 Å². The standard InChI is InChI=1S/C14H18BrFN2O2/c1-5-8-18(13(19)20-14(2,3)4)9-10-6-7-17-12(16)11(10)15/h5-7H,1,8-9H2,2-4H3. The summed E-state index contributed by atoms with van der Waals surface area (Å²) >= 11 is 3.13. The zero-order chi connectivity index (χ0) is 15.3. The second kappa shape index (κ2) is 6.83. The lowest BCUT2D eigenvalue weighted by molar-refractivity contribution is 0.0256. The maximum atomic E-state index is 13.4. The Kier molecular flexibility index (Phi) is 5.68. The van der Waals surface area contributed by atoms with Crippen LogP contribution in [-0.4, -0.2) is 28.1 Å². The van der Waals surface area contributed by atoms with Crippen LogP contribution in [0.4, 0.5) is 9.18 Å². The second-order valence-corrected chi connectivity index (χ2v) is 6.02. The van der Waals surface area contributed by atoms with Gasteiger partial charge in [-0.3, -0.25) is 0 Å².